The van der Waals surface area contributed by atoms with Crippen LogP contribution in [0.4, 0.5) is 0 Å². The van der Waals surface area contributed by atoms with E-state index in [1.54, 1.807) is 6.07 Å². The molecule has 4 nitrogen and oxygen atoms in total. The van der Waals surface area contributed by atoms with Gasteiger partial charge in [-0.05, 0) is 62.4 Å². The Morgan fingerprint density at radius 3 is 2.67 bits per heavy atom. The summed E-state index contributed by atoms with van der Waals surface area (Å²) < 4.78 is 7.55. The number of hydrogen-bond donors (Lipinski definition) is 1. The quantitative estimate of drug-likeness (QED) is 0.796. The zero-order valence-corrected chi connectivity index (χ0v) is 14.1. The monoisotopic (exact) mass is 326 g/mol. The normalized spacial score (nSPS) is 15.3. The van der Waals surface area contributed by atoms with Crippen LogP contribution in [0.1, 0.15) is 24.8 Å². The smallest absolute Gasteiger partial charge is 0.292 e. The van der Waals surface area contributed by atoms with Gasteiger partial charge < -0.3 is 14.6 Å². The number of hydrogen-bond acceptors (Lipinski definition) is 3. The third kappa shape index (κ3) is 4.71. The molecule has 0 aliphatic carbocycles. The number of ether oxygens (including phenoxy) is 1. The van der Waals surface area contributed by atoms with Crippen LogP contribution in [0.2, 0.25) is 0 Å². The highest BCUT2D eigenvalue weighted by atomic mass is 16.5. The highest BCUT2D eigenvalue weighted by Crippen LogP contribution is 2.14. The van der Waals surface area contributed by atoms with Gasteiger partial charge in [0.15, 0.2) is 5.75 Å². The van der Waals surface area contributed by atoms with Crippen LogP contribution in [0.3, 0.4) is 0 Å². The molecule has 128 valence electrons. The summed E-state index contributed by atoms with van der Waals surface area (Å²) in [4.78, 5) is 12.5. The first-order valence-corrected chi connectivity index (χ1v) is 8.90. The molecule has 0 radical (unpaired) electrons. The molecule has 0 atom stereocenters. The van der Waals surface area contributed by atoms with Gasteiger partial charge in [0.25, 0.3) is 5.56 Å². The molecule has 3 rings (SSSR count). The number of nitrogens with one attached hydrogen (secondary N) is 1. The van der Waals surface area contributed by atoms with Crippen molar-refractivity contribution in [1.82, 2.24) is 9.88 Å². The molecule has 0 spiro atoms. The molecule has 0 amide bonds. The van der Waals surface area contributed by atoms with Gasteiger partial charge in [0.1, 0.15) is 0 Å². The fraction of sp³-hybridized carbons (Fsp3) is 0.450. The van der Waals surface area contributed by atoms with Crippen molar-refractivity contribution in [2.45, 2.75) is 32.2 Å². The van der Waals surface area contributed by atoms with Gasteiger partial charge in [-0.3, -0.25) is 4.79 Å². The predicted octanol–water partition coefficient (Wildman–Crippen LogP) is 2.86. The highest BCUT2D eigenvalue weighted by Gasteiger charge is 2.15. The molecule has 24 heavy (non-hydrogen) atoms. The minimum atomic E-state index is -0.00394. The van der Waals surface area contributed by atoms with Crippen LogP contribution in [0.15, 0.2) is 53.5 Å². The maximum Gasteiger partial charge on any atom is 0.292 e. The van der Waals surface area contributed by atoms with Crippen LogP contribution in [0, 0.1) is 5.92 Å². The third-order valence-corrected chi connectivity index (χ3v) is 4.61. The van der Waals surface area contributed by atoms with E-state index in [4.69, 9.17) is 4.74 Å². The Labute approximate surface area is 143 Å². The van der Waals surface area contributed by atoms with Crippen LogP contribution in [0.5, 0.6) is 5.75 Å². The Morgan fingerprint density at radius 2 is 1.88 bits per heavy atom. The minimum Gasteiger partial charge on any atom is -0.488 e. The zero-order chi connectivity index (χ0) is 16.6. The van der Waals surface area contributed by atoms with Gasteiger partial charge in [-0.1, -0.05) is 30.3 Å². The predicted molar refractivity (Wildman–Crippen MR) is 96.6 cm³/mol. The maximum absolute atomic E-state index is 12.5. The van der Waals surface area contributed by atoms with E-state index in [0.717, 1.165) is 45.3 Å². The fourth-order valence-electron chi connectivity index (χ4n) is 3.21. The summed E-state index contributed by atoms with van der Waals surface area (Å²) in [7, 11) is 0. The summed E-state index contributed by atoms with van der Waals surface area (Å²) in [6, 6.07) is 14.1. The number of rotatable bonds is 7. The number of benzene rings is 1. The SMILES string of the molecule is O=c1c(OCCCc2ccccc2)cccn1CC1CCNCC1. The highest BCUT2D eigenvalue weighted by molar-refractivity contribution is 5.18. The summed E-state index contributed by atoms with van der Waals surface area (Å²) in [6.07, 6.45) is 6.02. The molecule has 1 aromatic heterocycles. The first-order chi connectivity index (χ1) is 11.8. The fourth-order valence-corrected chi connectivity index (χ4v) is 3.21. The van der Waals surface area contributed by atoms with Crippen molar-refractivity contribution in [1.29, 1.82) is 0 Å². The van der Waals surface area contributed by atoms with Crippen molar-refractivity contribution in [3.05, 3.63) is 64.6 Å². The molecule has 1 fully saturated rings. The number of aryl methyl sites for hydroxylation is 1. The summed E-state index contributed by atoms with van der Waals surface area (Å²) >= 11 is 0. The van der Waals surface area contributed by atoms with E-state index in [1.165, 1.54) is 5.56 Å². The van der Waals surface area contributed by atoms with E-state index in [2.05, 4.69) is 17.4 Å². The summed E-state index contributed by atoms with van der Waals surface area (Å²) in [5, 5.41) is 3.36. The topological polar surface area (TPSA) is 43.3 Å². The largest absolute Gasteiger partial charge is 0.488 e. The van der Waals surface area contributed by atoms with E-state index in [-0.39, 0.29) is 5.56 Å². The second-order valence-electron chi connectivity index (χ2n) is 6.46. The second-order valence-corrected chi connectivity index (χ2v) is 6.46. The Balaban J connectivity index is 1.52. The van der Waals surface area contributed by atoms with E-state index >= 15 is 0 Å². The van der Waals surface area contributed by atoms with E-state index in [1.807, 2.05) is 35.0 Å². The molecular weight excluding hydrogens is 300 g/mol. The number of aromatic nitrogens is 1. The van der Waals surface area contributed by atoms with Gasteiger partial charge in [-0.2, -0.15) is 0 Å². The standard InChI is InChI=1S/C20H26N2O2/c23-20-19(24-15-5-8-17-6-2-1-3-7-17)9-4-14-22(20)16-18-10-12-21-13-11-18/h1-4,6-7,9,14,18,21H,5,8,10-13,15-16H2. The lowest BCUT2D eigenvalue weighted by molar-refractivity contribution is 0.296. The van der Waals surface area contributed by atoms with Gasteiger partial charge >= 0.3 is 0 Å². The average molecular weight is 326 g/mol. The van der Waals surface area contributed by atoms with Crippen molar-refractivity contribution in [2.24, 2.45) is 5.92 Å². The van der Waals surface area contributed by atoms with Gasteiger partial charge in [0.2, 0.25) is 0 Å². The van der Waals surface area contributed by atoms with E-state index in [0.29, 0.717) is 18.3 Å². The summed E-state index contributed by atoms with van der Waals surface area (Å²) in [5.74, 6) is 1.05. The Morgan fingerprint density at radius 1 is 1.08 bits per heavy atom. The number of pyridine rings is 1. The van der Waals surface area contributed by atoms with E-state index < -0.39 is 0 Å². The number of nitrogens with zero attached hydrogens (tertiary/aromatic N) is 1. The molecule has 1 N–H and O–H groups in total. The zero-order valence-electron chi connectivity index (χ0n) is 14.1. The lowest BCUT2D eigenvalue weighted by Gasteiger charge is -2.23. The maximum atomic E-state index is 12.5. The molecule has 1 aliphatic rings. The van der Waals surface area contributed by atoms with Crippen molar-refractivity contribution >= 4 is 0 Å². The number of piperidine rings is 1. The molecule has 2 aromatic rings. The molecule has 0 unspecified atom stereocenters. The van der Waals surface area contributed by atoms with Crippen LogP contribution in [-0.4, -0.2) is 24.3 Å². The van der Waals surface area contributed by atoms with Gasteiger partial charge in [-0.25, -0.2) is 0 Å². The van der Waals surface area contributed by atoms with Crippen LogP contribution >= 0.6 is 0 Å². The molecule has 0 saturated carbocycles. The van der Waals surface area contributed by atoms with E-state index in [9.17, 15) is 4.79 Å². The van der Waals surface area contributed by atoms with Crippen molar-refractivity contribution in [3.8, 4) is 5.75 Å². The molecule has 0 bridgehead atoms. The second kappa shape index (κ2) is 8.69. The first kappa shape index (κ1) is 16.8. The van der Waals surface area contributed by atoms with Crippen molar-refractivity contribution < 1.29 is 4.74 Å². The van der Waals surface area contributed by atoms with Crippen molar-refractivity contribution in [3.63, 3.8) is 0 Å². The Hall–Kier alpha value is -2.07. The molecule has 2 heterocycles. The summed E-state index contributed by atoms with van der Waals surface area (Å²) in [6.45, 7) is 3.47. The molecule has 4 heteroatoms. The van der Waals surface area contributed by atoms with Crippen LogP contribution in [0.25, 0.3) is 0 Å². The average Bonchev–Trinajstić information content (AvgIpc) is 2.63. The van der Waals surface area contributed by atoms with Crippen molar-refractivity contribution in [2.75, 3.05) is 19.7 Å². The molecule has 1 saturated heterocycles. The lowest BCUT2D eigenvalue weighted by atomic mass is 9.98. The Bertz CT molecular complexity index is 676. The molecular formula is C20H26N2O2. The van der Waals surface area contributed by atoms with Gasteiger partial charge in [0, 0.05) is 12.7 Å². The van der Waals surface area contributed by atoms with Gasteiger partial charge in [0.05, 0.1) is 6.61 Å². The third-order valence-electron chi connectivity index (χ3n) is 4.61. The van der Waals surface area contributed by atoms with Crippen LogP contribution in [-0.2, 0) is 13.0 Å². The molecule has 1 aromatic carbocycles. The lowest BCUT2D eigenvalue weighted by Crippen LogP contribution is -2.32. The first-order valence-electron chi connectivity index (χ1n) is 8.90. The Kier molecular flexibility index (Phi) is 6.07. The summed E-state index contributed by atoms with van der Waals surface area (Å²) in [5.41, 5.74) is 1.30. The minimum absolute atomic E-state index is 0.00394. The van der Waals surface area contributed by atoms with Gasteiger partial charge in [-0.15, -0.1) is 0 Å². The molecule has 1 aliphatic heterocycles. The van der Waals surface area contributed by atoms with Crippen LogP contribution < -0.4 is 15.6 Å².